The predicted octanol–water partition coefficient (Wildman–Crippen LogP) is 2.88. The fraction of sp³-hybridized carbons (Fsp3) is 0.632. The van der Waals surface area contributed by atoms with Gasteiger partial charge in [0, 0.05) is 32.8 Å². The van der Waals surface area contributed by atoms with Gasteiger partial charge in [0.2, 0.25) is 5.91 Å². The third kappa shape index (κ3) is 3.76. The van der Waals surface area contributed by atoms with Crippen molar-refractivity contribution >= 4 is 18.3 Å². The molecule has 3 rings (SSSR count). The number of benzene rings is 1. The second kappa shape index (κ2) is 8.32. The number of aryl methyl sites for hydroxylation is 1. The van der Waals surface area contributed by atoms with Crippen molar-refractivity contribution < 1.29 is 9.53 Å². The summed E-state index contributed by atoms with van der Waals surface area (Å²) in [5.41, 5.74) is 8.40. The molecular weight excluding hydrogens is 324 g/mol. The Morgan fingerprint density at radius 2 is 1.88 bits per heavy atom. The van der Waals surface area contributed by atoms with Crippen LogP contribution < -0.4 is 5.73 Å². The third-order valence-corrected chi connectivity index (χ3v) is 5.70. The zero-order valence-electron chi connectivity index (χ0n) is 14.5. The smallest absolute Gasteiger partial charge is 0.230 e. The maximum Gasteiger partial charge on any atom is 0.230 e. The molecule has 0 aromatic heterocycles. The highest BCUT2D eigenvalue weighted by molar-refractivity contribution is 5.85. The highest BCUT2D eigenvalue weighted by atomic mass is 35.5. The van der Waals surface area contributed by atoms with Gasteiger partial charge in [-0.1, -0.05) is 24.3 Å². The number of ether oxygens (including phenoxy) is 1. The van der Waals surface area contributed by atoms with Crippen LogP contribution in [0.1, 0.15) is 42.7 Å². The molecule has 0 saturated carbocycles. The Bertz CT molecular complexity index is 550. The van der Waals surface area contributed by atoms with Crippen LogP contribution in [0.15, 0.2) is 24.3 Å². The summed E-state index contributed by atoms with van der Waals surface area (Å²) in [6.07, 6.45) is 3.63. The number of piperidine rings is 1. The molecule has 0 bridgehead atoms. The van der Waals surface area contributed by atoms with Gasteiger partial charge in [-0.2, -0.15) is 0 Å². The van der Waals surface area contributed by atoms with Gasteiger partial charge >= 0.3 is 0 Å². The van der Waals surface area contributed by atoms with Gasteiger partial charge in [-0.25, -0.2) is 0 Å². The minimum atomic E-state index is -0.381. The van der Waals surface area contributed by atoms with Gasteiger partial charge in [-0.05, 0) is 49.7 Å². The molecule has 1 amide bonds. The molecule has 2 fully saturated rings. The molecule has 0 aliphatic carbocycles. The highest BCUT2D eigenvalue weighted by Crippen LogP contribution is 2.35. The molecule has 0 unspecified atom stereocenters. The number of carbonyl (C=O) groups excluding carboxylic acids is 1. The molecule has 2 aliphatic heterocycles. The summed E-state index contributed by atoms with van der Waals surface area (Å²) in [6.45, 7) is 5.62. The van der Waals surface area contributed by atoms with Crippen LogP contribution in [0.4, 0.5) is 0 Å². The van der Waals surface area contributed by atoms with Crippen molar-refractivity contribution in [1.82, 2.24) is 4.90 Å². The van der Waals surface area contributed by atoms with Gasteiger partial charge < -0.3 is 15.4 Å². The molecule has 0 spiro atoms. The van der Waals surface area contributed by atoms with E-state index in [1.165, 1.54) is 11.1 Å². The summed E-state index contributed by atoms with van der Waals surface area (Å²) < 4.78 is 5.43. The Labute approximate surface area is 151 Å². The molecule has 24 heavy (non-hydrogen) atoms. The van der Waals surface area contributed by atoms with E-state index < -0.39 is 0 Å². The lowest BCUT2D eigenvalue weighted by atomic mass is 9.78. The topological polar surface area (TPSA) is 55.6 Å². The number of carbonyl (C=O) groups is 1. The number of hydrogen-bond donors (Lipinski definition) is 1. The average molecular weight is 353 g/mol. The molecule has 134 valence electrons. The van der Waals surface area contributed by atoms with Crippen molar-refractivity contribution in [3.05, 3.63) is 35.4 Å². The predicted molar refractivity (Wildman–Crippen MR) is 98.5 cm³/mol. The summed E-state index contributed by atoms with van der Waals surface area (Å²) in [7, 11) is 0. The number of halogens is 1. The first-order valence-electron chi connectivity index (χ1n) is 8.79. The normalized spacial score (nSPS) is 21.2. The molecule has 1 aromatic rings. The van der Waals surface area contributed by atoms with Crippen molar-refractivity contribution in [2.45, 2.75) is 38.5 Å². The molecule has 1 aromatic carbocycles. The molecule has 2 heterocycles. The zero-order chi connectivity index (χ0) is 16.3. The molecule has 2 aliphatic rings. The Kier molecular flexibility index (Phi) is 6.67. The van der Waals surface area contributed by atoms with E-state index in [9.17, 15) is 4.79 Å². The Morgan fingerprint density at radius 3 is 2.46 bits per heavy atom. The van der Waals surface area contributed by atoms with Gasteiger partial charge in [0.05, 0.1) is 5.41 Å². The Morgan fingerprint density at radius 1 is 1.25 bits per heavy atom. The van der Waals surface area contributed by atoms with Crippen LogP contribution in [-0.2, 0) is 9.53 Å². The number of nitrogens with two attached hydrogens (primary N) is 1. The maximum atomic E-state index is 13.0. The lowest BCUT2D eigenvalue weighted by Crippen LogP contribution is -2.52. The molecule has 0 radical (unpaired) electrons. The summed E-state index contributed by atoms with van der Waals surface area (Å²) in [5, 5.41) is 0. The lowest BCUT2D eigenvalue weighted by Gasteiger charge is -2.41. The first-order valence-corrected chi connectivity index (χ1v) is 8.79. The molecule has 2 N–H and O–H groups in total. The van der Waals surface area contributed by atoms with Crippen LogP contribution in [-0.4, -0.2) is 43.7 Å². The van der Waals surface area contributed by atoms with E-state index >= 15 is 0 Å². The molecule has 2 saturated heterocycles. The fourth-order valence-corrected chi connectivity index (χ4v) is 4.04. The van der Waals surface area contributed by atoms with Crippen LogP contribution in [0.3, 0.4) is 0 Å². The van der Waals surface area contributed by atoms with Crippen molar-refractivity contribution in [1.29, 1.82) is 0 Å². The second-order valence-corrected chi connectivity index (χ2v) is 7.02. The highest BCUT2D eigenvalue weighted by Gasteiger charge is 2.42. The minimum absolute atomic E-state index is 0. The van der Waals surface area contributed by atoms with Crippen LogP contribution in [0.25, 0.3) is 0 Å². The maximum absolute atomic E-state index is 13.0. The van der Waals surface area contributed by atoms with Crippen molar-refractivity contribution in [3.63, 3.8) is 0 Å². The van der Waals surface area contributed by atoms with Crippen LogP contribution in [0, 0.1) is 12.3 Å². The number of hydrogen-bond acceptors (Lipinski definition) is 3. The molecular formula is C19H29ClN2O2. The van der Waals surface area contributed by atoms with Crippen molar-refractivity contribution in [2.24, 2.45) is 11.1 Å². The molecule has 0 atom stereocenters. The number of nitrogens with zero attached hydrogens (tertiary/aromatic N) is 1. The van der Waals surface area contributed by atoms with Gasteiger partial charge in [0.15, 0.2) is 0 Å². The van der Waals surface area contributed by atoms with Crippen LogP contribution in [0.5, 0.6) is 0 Å². The van der Waals surface area contributed by atoms with Gasteiger partial charge in [-0.15, -0.1) is 12.4 Å². The van der Waals surface area contributed by atoms with E-state index in [2.05, 4.69) is 31.2 Å². The van der Waals surface area contributed by atoms with E-state index in [4.69, 9.17) is 10.5 Å². The van der Waals surface area contributed by atoms with Crippen molar-refractivity contribution in [2.75, 3.05) is 32.8 Å². The molecule has 4 nitrogen and oxygen atoms in total. The first-order chi connectivity index (χ1) is 11.2. The Balaban J connectivity index is 0.00000208. The Hall–Kier alpha value is -1.10. The lowest BCUT2D eigenvalue weighted by molar-refractivity contribution is -0.148. The fourth-order valence-electron chi connectivity index (χ4n) is 4.04. The van der Waals surface area contributed by atoms with E-state index in [1.54, 1.807) is 0 Å². The summed E-state index contributed by atoms with van der Waals surface area (Å²) in [5.74, 6) is 0.829. The largest absolute Gasteiger partial charge is 0.381 e. The average Bonchev–Trinajstić information content (AvgIpc) is 2.62. The number of rotatable bonds is 3. The minimum Gasteiger partial charge on any atom is -0.381 e. The summed E-state index contributed by atoms with van der Waals surface area (Å²) in [6, 6.07) is 8.62. The van der Waals surface area contributed by atoms with E-state index in [1.807, 2.05) is 4.90 Å². The van der Waals surface area contributed by atoms with E-state index in [-0.39, 0.29) is 23.7 Å². The summed E-state index contributed by atoms with van der Waals surface area (Å²) >= 11 is 0. The number of likely N-dealkylation sites (tertiary alicyclic amines) is 1. The standard InChI is InChI=1S/C19H28N2O2.ClH/c1-15-4-2-3-5-17(15)16-6-10-21(11-7-16)18(22)19(14-20)8-12-23-13-9-19;/h2-5,16H,6-14,20H2,1H3;1H. The van der Waals surface area contributed by atoms with E-state index in [0.29, 0.717) is 25.7 Å². The summed E-state index contributed by atoms with van der Waals surface area (Å²) in [4.78, 5) is 15.1. The second-order valence-electron chi connectivity index (χ2n) is 7.02. The monoisotopic (exact) mass is 352 g/mol. The third-order valence-electron chi connectivity index (χ3n) is 5.70. The molecule has 5 heteroatoms. The van der Waals surface area contributed by atoms with Crippen LogP contribution in [0.2, 0.25) is 0 Å². The SMILES string of the molecule is Cc1ccccc1C1CCN(C(=O)C2(CN)CCOCC2)CC1.Cl. The zero-order valence-corrected chi connectivity index (χ0v) is 15.3. The van der Waals surface area contributed by atoms with Gasteiger partial charge in [-0.3, -0.25) is 4.79 Å². The van der Waals surface area contributed by atoms with Gasteiger partial charge in [0.1, 0.15) is 0 Å². The van der Waals surface area contributed by atoms with Crippen molar-refractivity contribution in [3.8, 4) is 0 Å². The van der Waals surface area contributed by atoms with E-state index in [0.717, 1.165) is 38.8 Å². The van der Waals surface area contributed by atoms with Gasteiger partial charge in [0.25, 0.3) is 0 Å². The number of amides is 1. The first kappa shape index (κ1) is 19.2. The quantitative estimate of drug-likeness (QED) is 0.910. The van der Waals surface area contributed by atoms with Crippen LogP contribution >= 0.6 is 12.4 Å².